The zero-order valence-electron chi connectivity index (χ0n) is 17.7. The number of fused-ring (bicyclic) bond motifs is 1. The molecule has 0 amide bonds. The summed E-state index contributed by atoms with van der Waals surface area (Å²) in [7, 11) is 0. The fourth-order valence-electron chi connectivity index (χ4n) is 3.87. The summed E-state index contributed by atoms with van der Waals surface area (Å²) in [6.45, 7) is 0. The Labute approximate surface area is 191 Å². The number of hydrogen-bond donors (Lipinski definition) is 0. The average molecular weight is 425 g/mol. The third-order valence-corrected chi connectivity index (χ3v) is 5.56. The number of pyridine rings is 1. The molecule has 5 nitrogen and oxygen atoms in total. The van der Waals surface area contributed by atoms with Crippen molar-refractivity contribution in [1.82, 2.24) is 24.3 Å². The predicted octanol–water partition coefficient (Wildman–Crippen LogP) is 6.19. The Morgan fingerprint density at radius 1 is 0.455 bits per heavy atom. The van der Waals surface area contributed by atoms with Gasteiger partial charge in [0.1, 0.15) is 5.65 Å². The van der Waals surface area contributed by atoms with Crippen molar-refractivity contribution in [2.45, 2.75) is 0 Å². The van der Waals surface area contributed by atoms with Crippen LogP contribution < -0.4 is 0 Å². The highest BCUT2D eigenvalue weighted by Crippen LogP contribution is 2.27. The van der Waals surface area contributed by atoms with Crippen molar-refractivity contribution in [3.8, 4) is 45.4 Å². The summed E-state index contributed by atoms with van der Waals surface area (Å²) in [6.07, 6.45) is 3.92. The molecule has 3 aromatic heterocycles. The summed E-state index contributed by atoms with van der Waals surface area (Å²) in [5, 5.41) is 0. The minimum atomic E-state index is 0.646. The number of benzene rings is 3. The van der Waals surface area contributed by atoms with E-state index in [1.165, 1.54) is 0 Å². The van der Waals surface area contributed by atoms with Crippen LogP contribution in [0.15, 0.2) is 116 Å². The van der Waals surface area contributed by atoms with Gasteiger partial charge in [-0.1, -0.05) is 91.0 Å². The molecule has 156 valence electrons. The lowest BCUT2D eigenvalue weighted by Gasteiger charge is -2.09. The van der Waals surface area contributed by atoms with Crippen LogP contribution in [0.2, 0.25) is 0 Å². The SMILES string of the molecule is c1ccc(-c2nc(-c3ccccc3)nc(-c3ccc(-c4cnc5ccccn45)cc3)n2)cc1. The normalized spacial score (nSPS) is 11.0. The Balaban J connectivity index is 1.45. The molecule has 0 N–H and O–H groups in total. The van der Waals surface area contributed by atoms with Gasteiger partial charge in [0.15, 0.2) is 17.5 Å². The number of aromatic nitrogens is 5. The highest BCUT2D eigenvalue weighted by Gasteiger charge is 2.12. The van der Waals surface area contributed by atoms with Crippen molar-refractivity contribution < 1.29 is 0 Å². The fourth-order valence-corrected chi connectivity index (χ4v) is 3.87. The number of hydrogen-bond acceptors (Lipinski definition) is 4. The first-order valence-corrected chi connectivity index (χ1v) is 10.7. The summed E-state index contributed by atoms with van der Waals surface area (Å²) in [5.41, 5.74) is 5.90. The van der Waals surface area contributed by atoms with Crippen molar-refractivity contribution in [2.75, 3.05) is 0 Å². The average Bonchev–Trinajstić information content (AvgIpc) is 3.34. The molecule has 6 rings (SSSR count). The fraction of sp³-hybridized carbons (Fsp3) is 0. The molecule has 0 aliphatic carbocycles. The third kappa shape index (κ3) is 3.66. The van der Waals surface area contributed by atoms with Crippen LogP contribution in [0, 0.1) is 0 Å². The maximum atomic E-state index is 4.80. The van der Waals surface area contributed by atoms with Gasteiger partial charge >= 0.3 is 0 Å². The van der Waals surface area contributed by atoms with Crippen LogP contribution in [0.1, 0.15) is 0 Å². The van der Waals surface area contributed by atoms with E-state index in [9.17, 15) is 0 Å². The van der Waals surface area contributed by atoms with E-state index in [-0.39, 0.29) is 0 Å². The van der Waals surface area contributed by atoms with Crippen molar-refractivity contribution in [1.29, 1.82) is 0 Å². The molecular weight excluding hydrogens is 406 g/mol. The summed E-state index contributed by atoms with van der Waals surface area (Å²) < 4.78 is 2.08. The smallest absolute Gasteiger partial charge is 0.164 e. The molecular formula is C28H19N5. The van der Waals surface area contributed by atoms with Gasteiger partial charge in [0.2, 0.25) is 0 Å². The van der Waals surface area contributed by atoms with Gasteiger partial charge in [-0.3, -0.25) is 4.40 Å². The Morgan fingerprint density at radius 2 is 0.939 bits per heavy atom. The summed E-state index contributed by atoms with van der Waals surface area (Å²) in [4.78, 5) is 18.9. The topological polar surface area (TPSA) is 56.0 Å². The first-order chi connectivity index (χ1) is 16.3. The first-order valence-electron chi connectivity index (χ1n) is 10.7. The molecule has 33 heavy (non-hydrogen) atoms. The van der Waals surface area contributed by atoms with E-state index in [0.29, 0.717) is 17.5 Å². The highest BCUT2D eigenvalue weighted by atomic mass is 15.0. The van der Waals surface area contributed by atoms with E-state index < -0.39 is 0 Å². The van der Waals surface area contributed by atoms with Crippen LogP contribution in [-0.4, -0.2) is 24.3 Å². The van der Waals surface area contributed by atoms with Crippen LogP contribution in [0.4, 0.5) is 0 Å². The van der Waals surface area contributed by atoms with E-state index in [1.54, 1.807) is 0 Å². The minimum absolute atomic E-state index is 0.646. The number of imidazole rings is 1. The van der Waals surface area contributed by atoms with Crippen molar-refractivity contribution in [3.05, 3.63) is 116 Å². The molecule has 3 heterocycles. The second-order valence-electron chi connectivity index (χ2n) is 7.69. The van der Waals surface area contributed by atoms with Gasteiger partial charge in [0.05, 0.1) is 11.9 Å². The van der Waals surface area contributed by atoms with Crippen LogP contribution in [0.5, 0.6) is 0 Å². The maximum Gasteiger partial charge on any atom is 0.164 e. The Bertz CT molecular complexity index is 1480. The molecule has 0 bridgehead atoms. The summed E-state index contributed by atoms with van der Waals surface area (Å²) >= 11 is 0. The van der Waals surface area contributed by atoms with Gasteiger partial charge in [0, 0.05) is 28.5 Å². The largest absolute Gasteiger partial charge is 0.300 e. The van der Waals surface area contributed by atoms with E-state index in [0.717, 1.165) is 33.6 Å². The quantitative estimate of drug-likeness (QED) is 0.338. The molecule has 0 saturated heterocycles. The lowest BCUT2D eigenvalue weighted by Crippen LogP contribution is -2.00. The number of nitrogens with zero attached hydrogens (tertiary/aromatic N) is 5. The second-order valence-corrected chi connectivity index (χ2v) is 7.69. The molecule has 0 unspecified atom stereocenters. The van der Waals surface area contributed by atoms with Gasteiger partial charge < -0.3 is 0 Å². The van der Waals surface area contributed by atoms with E-state index >= 15 is 0 Å². The third-order valence-electron chi connectivity index (χ3n) is 5.56. The molecule has 0 saturated carbocycles. The Morgan fingerprint density at radius 3 is 1.52 bits per heavy atom. The standard InChI is InChI=1S/C28H19N5/c1-3-9-21(10-4-1)26-30-27(22-11-5-2-6-12-22)32-28(31-26)23-16-14-20(15-17-23)24-19-29-25-13-7-8-18-33(24)25/h1-19H. The van der Waals surface area contributed by atoms with Crippen LogP contribution in [0.3, 0.4) is 0 Å². The van der Waals surface area contributed by atoms with Crippen LogP contribution in [0.25, 0.3) is 51.1 Å². The minimum Gasteiger partial charge on any atom is -0.300 e. The van der Waals surface area contributed by atoms with Crippen molar-refractivity contribution in [3.63, 3.8) is 0 Å². The van der Waals surface area contributed by atoms with Gasteiger partial charge in [-0.15, -0.1) is 0 Å². The van der Waals surface area contributed by atoms with E-state index in [4.69, 9.17) is 15.0 Å². The van der Waals surface area contributed by atoms with Gasteiger partial charge in [-0.2, -0.15) is 0 Å². The molecule has 3 aromatic carbocycles. The summed E-state index contributed by atoms with van der Waals surface area (Å²) in [5.74, 6) is 1.96. The molecule has 0 spiro atoms. The zero-order valence-corrected chi connectivity index (χ0v) is 17.7. The molecule has 0 atom stereocenters. The highest BCUT2D eigenvalue weighted by molar-refractivity contribution is 5.70. The molecule has 5 heteroatoms. The Hall–Kier alpha value is -4.64. The van der Waals surface area contributed by atoms with Gasteiger partial charge in [-0.05, 0) is 12.1 Å². The van der Waals surface area contributed by atoms with Gasteiger partial charge in [0.25, 0.3) is 0 Å². The van der Waals surface area contributed by atoms with E-state index in [2.05, 4.69) is 33.7 Å². The lowest BCUT2D eigenvalue weighted by molar-refractivity contribution is 1.07. The van der Waals surface area contributed by atoms with E-state index in [1.807, 2.05) is 91.3 Å². The number of rotatable bonds is 4. The maximum absolute atomic E-state index is 4.80. The molecule has 0 aliphatic rings. The summed E-state index contributed by atoms with van der Waals surface area (Å²) in [6, 6.07) is 34.3. The molecule has 0 fully saturated rings. The van der Waals surface area contributed by atoms with Gasteiger partial charge in [-0.25, -0.2) is 19.9 Å². The van der Waals surface area contributed by atoms with Crippen molar-refractivity contribution >= 4 is 5.65 Å². The predicted molar refractivity (Wildman–Crippen MR) is 130 cm³/mol. The van der Waals surface area contributed by atoms with Crippen LogP contribution >= 0.6 is 0 Å². The van der Waals surface area contributed by atoms with Crippen molar-refractivity contribution in [2.24, 2.45) is 0 Å². The van der Waals surface area contributed by atoms with Crippen LogP contribution in [-0.2, 0) is 0 Å². The second kappa shape index (κ2) is 8.13. The zero-order chi connectivity index (χ0) is 22.0. The Kier molecular flexibility index (Phi) is 4.70. The lowest BCUT2D eigenvalue weighted by atomic mass is 10.1. The monoisotopic (exact) mass is 425 g/mol. The molecule has 0 radical (unpaired) electrons. The first kappa shape index (κ1) is 19.1. The molecule has 6 aromatic rings. The molecule has 0 aliphatic heterocycles.